The van der Waals surface area contributed by atoms with Gasteiger partial charge < -0.3 is 9.26 Å². The van der Waals surface area contributed by atoms with E-state index in [0.717, 1.165) is 15.8 Å². The van der Waals surface area contributed by atoms with E-state index >= 15 is 0 Å². The molecule has 4 aromatic heterocycles. The molecule has 0 radical (unpaired) electrons. The quantitative estimate of drug-likeness (QED) is 0.316. The molecule has 0 saturated heterocycles. The van der Waals surface area contributed by atoms with Crippen molar-refractivity contribution in [2.45, 2.75) is 26.3 Å². The van der Waals surface area contributed by atoms with E-state index in [9.17, 15) is 14.0 Å². The standard InChI is InChI=1S/C24H22FN7O4/c1-3-4-10-35-24(34)32-22-16(23(33)30(32)2)13-26-21(27-22)19-12-20(18-9-11-36-29-18)31(28-19)14-15-7-5-6-8-17(15)25/h5-9,11-13H,3-4,10,14H2,1-2H3. The molecule has 0 spiro atoms. The molecule has 4 heterocycles. The van der Waals surface area contributed by atoms with Crippen molar-refractivity contribution in [2.24, 2.45) is 7.05 Å². The van der Waals surface area contributed by atoms with Gasteiger partial charge in [0.25, 0.3) is 5.56 Å². The van der Waals surface area contributed by atoms with Gasteiger partial charge in [-0.1, -0.05) is 36.7 Å². The molecule has 0 amide bonds. The van der Waals surface area contributed by atoms with Crippen LogP contribution < -0.4 is 5.56 Å². The molecule has 0 fully saturated rings. The van der Waals surface area contributed by atoms with Gasteiger partial charge in [-0.3, -0.25) is 9.48 Å². The molecule has 11 nitrogen and oxygen atoms in total. The maximum Gasteiger partial charge on any atom is 0.435 e. The normalized spacial score (nSPS) is 11.3. The van der Waals surface area contributed by atoms with Gasteiger partial charge in [-0.15, -0.1) is 0 Å². The lowest BCUT2D eigenvalue weighted by atomic mass is 10.2. The van der Waals surface area contributed by atoms with Crippen LogP contribution in [0.1, 0.15) is 25.3 Å². The van der Waals surface area contributed by atoms with E-state index in [2.05, 4.69) is 20.2 Å². The summed E-state index contributed by atoms with van der Waals surface area (Å²) >= 11 is 0. The monoisotopic (exact) mass is 491 g/mol. The summed E-state index contributed by atoms with van der Waals surface area (Å²) in [5, 5.41) is 8.72. The molecule has 1 aromatic carbocycles. The van der Waals surface area contributed by atoms with Gasteiger partial charge in [0.1, 0.15) is 28.9 Å². The van der Waals surface area contributed by atoms with E-state index in [1.807, 2.05) is 6.92 Å². The van der Waals surface area contributed by atoms with Crippen molar-refractivity contribution in [1.29, 1.82) is 0 Å². The molecular formula is C24H22FN7O4. The highest BCUT2D eigenvalue weighted by Crippen LogP contribution is 2.25. The highest BCUT2D eigenvalue weighted by molar-refractivity contribution is 5.85. The lowest BCUT2D eigenvalue weighted by molar-refractivity contribution is 0.140. The van der Waals surface area contributed by atoms with Crippen molar-refractivity contribution in [2.75, 3.05) is 6.61 Å². The number of aromatic nitrogens is 7. The van der Waals surface area contributed by atoms with E-state index in [4.69, 9.17) is 9.26 Å². The second kappa shape index (κ2) is 9.56. The Hall–Kier alpha value is -4.61. The van der Waals surface area contributed by atoms with Gasteiger partial charge in [0.05, 0.1) is 18.8 Å². The van der Waals surface area contributed by atoms with Crippen LogP contribution in [0.25, 0.3) is 33.9 Å². The van der Waals surface area contributed by atoms with Crippen LogP contribution >= 0.6 is 0 Å². The molecule has 0 aliphatic rings. The molecule has 0 unspecified atom stereocenters. The highest BCUT2D eigenvalue weighted by atomic mass is 19.1. The fourth-order valence-corrected chi connectivity index (χ4v) is 3.78. The molecule has 0 N–H and O–H groups in total. The molecular weight excluding hydrogens is 469 g/mol. The molecule has 0 aliphatic carbocycles. The molecule has 5 aromatic rings. The second-order valence-electron chi connectivity index (χ2n) is 8.09. The number of halogens is 1. The minimum atomic E-state index is -0.712. The summed E-state index contributed by atoms with van der Waals surface area (Å²) in [4.78, 5) is 34.1. The smallest absolute Gasteiger partial charge is 0.435 e. The zero-order chi connectivity index (χ0) is 25.2. The minimum absolute atomic E-state index is 0.0978. The van der Waals surface area contributed by atoms with E-state index in [1.165, 1.54) is 25.6 Å². The Bertz CT molecular complexity index is 1600. The molecule has 12 heteroatoms. The molecule has 184 valence electrons. The first-order valence-electron chi connectivity index (χ1n) is 11.3. The van der Waals surface area contributed by atoms with Crippen molar-refractivity contribution < 1.29 is 18.4 Å². The third-order valence-corrected chi connectivity index (χ3v) is 5.68. The topological polar surface area (TPSA) is 123 Å². The minimum Gasteiger partial charge on any atom is -0.448 e. The fourth-order valence-electron chi connectivity index (χ4n) is 3.78. The Labute approximate surface area is 203 Å². The van der Waals surface area contributed by atoms with Gasteiger partial charge in [-0.2, -0.15) is 9.78 Å². The SMILES string of the molecule is CCCCOC(=O)n1c2nc(-c3cc(-c4ccon4)n(Cc4ccccc4F)n3)ncc2c(=O)n1C. The van der Waals surface area contributed by atoms with Crippen LogP contribution in [0.15, 0.2) is 58.2 Å². The Balaban J connectivity index is 1.59. The van der Waals surface area contributed by atoms with Crippen molar-refractivity contribution in [3.63, 3.8) is 0 Å². The Morgan fingerprint density at radius 1 is 1.19 bits per heavy atom. The van der Waals surface area contributed by atoms with Crippen LogP contribution in [0.2, 0.25) is 0 Å². The van der Waals surface area contributed by atoms with Crippen molar-refractivity contribution in [3.8, 4) is 22.9 Å². The fraction of sp³-hybridized carbons (Fsp3) is 0.250. The van der Waals surface area contributed by atoms with Gasteiger partial charge in [0, 0.05) is 24.9 Å². The highest BCUT2D eigenvalue weighted by Gasteiger charge is 2.22. The zero-order valence-corrected chi connectivity index (χ0v) is 19.6. The molecule has 0 bridgehead atoms. The lowest BCUT2D eigenvalue weighted by Gasteiger charge is -2.08. The van der Waals surface area contributed by atoms with Crippen molar-refractivity contribution in [1.82, 2.24) is 34.3 Å². The third-order valence-electron chi connectivity index (χ3n) is 5.68. The number of nitrogens with zero attached hydrogens (tertiary/aromatic N) is 7. The van der Waals surface area contributed by atoms with Crippen LogP contribution in [-0.4, -0.2) is 47.0 Å². The van der Waals surface area contributed by atoms with Crippen molar-refractivity contribution in [3.05, 3.63) is 70.6 Å². The molecule has 36 heavy (non-hydrogen) atoms. The summed E-state index contributed by atoms with van der Waals surface area (Å²) in [5.41, 5.74) is 1.48. The van der Waals surface area contributed by atoms with Gasteiger partial charge in [0.15, 0.2) is 11.5 Å². The van der Waals surface area contributed by atoms with Crippen LogP contribution in [0.3, 0.4) is 0 Å². The summed E-state index contributed by atoms with van der Waals surface area (Å²) in [7, 11) is 1.45. The number of hydrogen-bond acceptors (Lipinski definition) is 8. The van der Waals surface area contributed by atoms with Crippen LogP contribution in [0.5, 0.6) is 0 Å². The first-order valence-corrected chi connectivity index (χ1v) is 11.3. The van der Waals surface area contributed by atoms with E-state index in [0.29, 0.717) is 29.1 Å². The molecule has 5 rings (SSSR count). The van der Waals surface area contributed by atoms with Gasteiger partial charge >= 0.3 is 6.09 Å². The van der Waals surface area contributed by atoms with E-state index < -0.39 is 11.7 Å². The summed E-state index contributed by atoms with van der Waals surface area (Å²) in [6.07, 6.45) is 3.61. The number of ether oxygens (including phenoxy) is 1. The van der Waals surface area contributed by atoms with Crippen LogP contribution in [0, 0.1) is 5.82 Å². The Morgan fingerprint density at radius 3 is 2.78 bits per heavy atom. The summed E-state index contributed by atoms with van der Waals surface area (Å²) in [6.45, 7) is 2.33. The number of rotatable bonds is 7. The third kappa shape index (κ3) is 4.17. The number of hydrogen-bond donors (Lipinski definition) is 0. The Morgan fingerprint density at radius 2 is 2.03 bits per heavy atom. The molecule has 0 aliphatic heterocycles. The Kier molecular flexibility index (Phi) is 6.15. The van der Waals surface area contributed by atoms with E-state index in [-0.39, 0.29) is 35.8 Å². The predicted octanol–water partition coefficient (Wildman–Crippen LogP) is 3.62. The first kappa shape index (κ1) is 23.1. The van der Waals surface area contributed by atoms with Crippen LogP contribution in [-0.2, 0) is 18.3 Å². The maximum atomic E-state index is 14.3. The number of carbonyl (C=O) groups excluding carboxylic acids is 1. The molecule has 0 atom stereocenters. The van der Waals surface area contributed by atoms with Gasteiger partial charge in [-0.25, -0.2) is 23.8 Å². The average Bonchev–Trinajstić information content (AvgIpc) is 3.60. The predicted molar refractivity (Wildman–Crippen MR) is 127 cm³/mol. The maximum absolute atomic E-state index is 14.3. The number of benzene rings is 1. The van der Waals surface area contributed by atoms with E-state index in [1.54, 1.807) is 35.0 Å². The van der Waals surface area contributed by atoms with Gasteiger partial charge in [-0.05, 0) is 18.6 Å². The van der Waals surface area contributed by atoms with Crippen molar-refractivity contribution >= 4 is 17.1 Å². The zero-order valence-electron chi connectivity index (χ0n) is 19.6. The van der Waals surface area contributed by atoms with Gasteiger partial charge in [0.2, 0.25) is 0 Å². The number of unbranched alkanes of at least 4 members (excludes halogenated alkanes) is 1. The molecule has 0 saturated carbocycles. The summed E-state index contributed by atoms with van der Waals surface area (Å²) < 4.78 is 28.4. The number of fused-ring (bicyclic) bond motifs is 1. The summed E-state index contributed by atoms with van der Waals surface area (Å²) in [5.74, 6) is -0.201. The summed E-state index contributed by atoms with van der Waals surface area (Å²) in [6, 6.07) is 9.74. The largest absolute Gasteiger partial charge is 0.448 e. The second-order valence-corrected chi connectivity index (χ2v) is 8.09. The average molecular weight is 491 g/mol. The van der Waals surface area contributed by atoms with Crippen LogP contribution in [0.4, 0.5) is 9.18 Å². The first-order chi connectivity index (χ1) is 17.5. The lowest BCUT2D eigenvalue weighted by Crippen LogP contribution is -2.26. The number of carbonyl (C=O) groups is 1.